The van der Waals surface area contributed by atoms with Gasteiger partial charge in [-0.05, 0) is 31.5 Å². The second-order valence-corrected chi connectivity index (χ2v) is 5.36. The van der Waals surface area contributed by atoms with Gasteiger partial charge in [0.15, 0.2) is 0 Å². The van der Waals surface area contributed by atoms with Gasteiger partial charge in [0.1, 0.15) is 0 Å². The van der Waals surface area contributed by atoms with Gasteiger partial charge in [0.05, 0.1) is 11.7 Å². The van der Waals surface area contributed by atoms with Crippen molar-refractivity contribution in [3.63, 3.8) is 0 Å². The molecule has 0 radical (unpaired) electrons. The van der Waals surface area contributed by atoms with E-state index in [1.54, 1.807) is 0 Å². The van der Waals surface area contributed by atoms with Gasteiger partial charge in [-0.25, -0.2) is 4.52 Å². The number of fused-ring (bicyclic) bond motifs is 1. The topological polar surface area (TPSA) is 29.3 Å². The zero-order valence-electron chi connectivity index (χ0n) is 11.0. The van der Waals surface area contributed by atoms with Gasteiger partial charge < -0.3 is 5.32 Å². The lowest BCUT2D eigenvalue weighted by Gasteiger charge is -2.19. The molecule has 1 N–H and O–H groups in total. The number of nitrogens with zero attached hydrogens (tertiary/aromatic N) is 2. The number of pyridine rings is 1. The van der Waals surface area contributed by atoms with Gasteiger partial charge in [-0.3, -0.25) is 0 Å². The summed E-state index contributed by atoms with van der Waals surface area (Å²) in [6, 6.07) is 6.70. The third-order valence-electron chi connectivity index (χ3n) is 4.22. The van der Waals surface area contributed by atoms with Crippen LogP contribution in [0.25, 0.3) is 5.52 Å². The van der Waals surface area contributed by atoms with E-state index in [4.69, 9.17) is 0 Å². The molecular weight excluding hydrogens is 222 g/mol. The van der Waals surface area contributed by atoms with E-state index in [0.717, 1.165) is 5.92 Å². The normalized spacial score (nSPS) is 18.5. The average molecular weight is 243 g/mol. The summed E-state index contributed by atoms with van der Waals surface area (Å²) in [6.07, 6.45) is 10.9. The smallest absolute Gasteiger partial charge is 0.0709 e. The molecule has 1 saturated carbocycles. The minimum atomic E-state index is 0.438. The van der Waals surface area contributed by atoms with Crippen molar-refractivity contribution in [2.24, 2.45) is 5.92 Å². The van der Waals surface area contributed by atoms with Crippen molar-refractivity contribution in [2.45, 2.75) is 38.1 Å². The highest BCUT2D eigenvalue weighted by Gasteiger charge is 2.22. The summed E-state index contributed by atoms with van der Waals surface area (Å²) in [5, 5.41) is 7.91. The highest BCUT2D eigenvalue weighted by atomic mass is 15.2. The number of hydrogen-bond donors (Lipinski definition) is 1. The first kappa shape index (κ1) is 11.7. The molecule has 1 fully saturated rings. The maximum Gasteiger partial charge on any atom is 0.0709 e. The van der Waals surface area contributed by atoms with Gasteiger partial charge in [0.2, 0.25) is 0 Å². The third kappa shape index (κ3) is 2.15. The van der Waals surface area contributed by atoms with E-state index >= 15 is 0 Å². The molecule has 0 aliphatic heterocycles. The van der Waals surface area contributed by atoms with E-state index in [1.807, 2.05) is 23.0 Å². The minimum Gasteiger partial charge on any atom is -0.313 e. The van der Waals surface area contributed by atoms with Gasteiger partial charge in [-0.2, -0.15) is 5.10 Å². The Labute approximate surface area is 108 Å². The molecule has 3 rings (SSSR count). The van der Waals surface area contributed by atoms with Crippen LogP contribution in [-0.2, 0) is 0 Å². The lowest BCUT2D eigenvalue weighted by atomic mass is 9.94. The molecule has 96 valence electrons. The number of aromatic nitrogens is 2. The fourth-order valence-corrected chi connectivity index (χ4v) is 3.20. The predicted molar refractivity (Wildman–Crippen MR) is 73.6 cm³/mol. The molecule has 0 spiro atoms. The predicted octanol–water partition coefficient (Wildman–Crippen LogP) is 3.18. The van der Waals surface area contributed by atoms with E-state index < -0.39 is 0 Å². The van der Waals surface area contributed by atoms with Crippen LogP contribution < -0.4 is 5.32 Å². The molecule has 1 aliphatic carbocycles. The Balaban J connectivity index is 1.86. The molecule has 3 heteroatoms. The van der Waals surface area contributed by atoms with Crippen molar-refractivity contribution in [3.05, 3.63) is 36.2 Å². The van der Waals surface area contributed by atoms with Gasteiger partial charge in [0.25, 0.3) is 0 Å². The van der Waals surface area contributed by atoms with Crippen LogP contribution in [0.4, 0.5) is 0 Å². The molecule has 0 aromatic carbocycles. The summed E-state index contributed by atoms with van der Waals surface area (Å²) in [6.45, 7) is 0. The summed E-state index contributed by atoms with van der Waals surface area (Å²) in [4.78, 5) is 0. The Morgan fingerprint density at radius 1 is 1.39 bits per heavy atom. The molecule has 0 amide bonds. The van der Waals surface area contributed by atoms with Crippen molar-refractivity contribution in [1.82, 2.24) is 14.9 Å². The highest BCUT2D eigenvalue weighted by molar-refractivity contribution is 5.54. The van der Waals surface area contributed by atoms with E-state index in [0.29, 0.717) is 6.04 Å². The van der Waals surface area contributed by atoms with Gasteiger partial charge in [0, 0.05) is 17.8 Å². The zero-order valence-corrected chi connectivity index (χ0v) is 11.0. The minimum absolute atomic E-state index is 0.438. The highest BCUT2D eigenvalue weighted by Crippen LogP contribution is 2.33. The molecule has 2 aromatic rings. The molecule has 2 heterocycles. The summed E-state index contributed by atoms with van der Waals surface area (Å²) >= 11 is 0. The van der Waals surface area contributed by atoms with Gasteiger partial charge >= 0.3 is 0 Å². The Kier molecular flexibility index (Phi) is 3.33. The van der Waals surface area contributed by atoms with Crippen LogP contribution in [-0.4, -0.2) is 16.7 Å². The van der Waals surface area contributed by atoms with Crippen molar-refractivity contribution in [2.75, 3.05) is 7.05 Å². The van der Waals surface area contributed by atoms with Crippen LogP contribution >= 0.6 is 0 Å². The molecule has 1 unspecified atom stereocenters. The van der Waals surface area contributed by atoms with Crippen LogP contribution in [0, 0.1) is 5.92 Å². The zero-order chi connectivity index (χ0) is 12.4. The molecule has 0 bridgehead atoms. The van der Waals surface area contributed by atoms with Crippen LogP contribution in [0.3, 0.4) is 0 Å². The van der Waals surface area contributed by atoms with Crippen molar-refractivity contribution in [1.29, 1.82) is 0 Å². The van der Waals surface area contributed by atoms with Crippen LogP contribution in [0.15, 0.2) is 30.6 Å². The first-order valence-corrected chi connectivity index (χ1v) is 6.98. The van der Waals surface area contributed by atoms with E-state index in [1.165, 1.54) is 43.2 Å². The maximum absolute atomic E-state index is 4.44. The summed E-state index contributed by atoms with van der Waals surface area (Å²) in [5.74, 6) is 0.890. The van der Waals surface area contributed by atoms with Crippen LogP contribution in [0.5, 0.6) is 0 Å². The molecule has 1 atom stereocenters. The van der Waals surface area contributed by atoms with Gasteiger partial charge in [-0.15, -0.1) is 0 Å². The summed E-state index contributed by atoms with van der Waals surface area (Å²) < 4.78 is 1.97. The van der Waals surface area contributed by atoms with Crippen LogP contribution in [0.2, 0.25) is 0 Å². The van der Waals surface area contributed by atoms with E-state index in [-0.39, 0.29) is 0 Å². The monoisotopic (exact) mass is 243 g/mol. The van der Waals surface area contributed by atoms with E-state index in [2.05, 4.69) is 29.6 Å². The lowest BCUT2D eigenvalue weighted by Crippen LogP contribution is -2.19. The van der Waals surface area contributed by atoms with Gasteiger partial charge in [-0.1, -0.05) is 31.7 Å². The fraction of sp³-hybridized carbons (Fsp3) is 0.533. The summed E-state index contributed by atoms with van der Waals surface area (Å²) in [7, 11) is 2.06. The Morgan fingerprint density at radius 2 is 2.22 bits per heavy atom. The van der Waals surface area contributed by atoms with Crippen molar-refractivity contribution in [3.8, 4) is 0 Å². The van der Waals surface area contributed by atoms with E-state index in [9.17, 15) is 0 Å². The Morgan fingerprint density at radius 3 is 3.00 bits per heavy atom. The summed E-state index contributed by atoms with van der Waals surface area (Å²) in [5.41, 5.74) is 2.57. The lowest BCUT2D eigenvalue weighted by molar-refractivity contribution is 0.415. The average Bonchev–Trinajstić information content (AvgIpc) is 3.05. The molecule has 18 heavy (non-hydrogen) atoms. The van der Waals surface area contributed by atoms with Crippen LogP contribution in [0.1, 0.15) is 43.7 Å². The second-order valence-electron chi connectivity index (χ2n) is 5.36. The Hall–Kier alpha value is -1.35. The molecule has 0 saturated heterocycles. The molecule has 2 aromatic heterocycles. The SMILES string of the molecule is CNC(CC1CCCC1)c1cnn2ccccc12. The number of rotatable bonds is 4. The first-order valence-electron chi connectivity index (χ1n) is 6.98. The Bertz CT molecular complexity index is 511. The number of hydrogen-bond acceptors (Lipinski definition) is 2. The maximum atomic E-state index is 4.44. The largest absolute Gasteiger partial charge is 0.313 e. The van der Waals surface area contributed by atoms with Crippen molar-refractivity contribution >= 4 is 5.52 Å². The second kappa shape index (κ2) is 5.11. The third-order valence-corrected chi connectivity index (χ3v) is 4.22. The van der Waals surface area contributed by atoms with Crippen molar-refractivity contribution < 1.29 is 0 Å². The fourth-order valence-electron chi connectivity index (χ4n) is 3.20. The number of nitrogens with one attached hydrogen (secondary N) is 1. The first-order chi connectivity index (χ1) is 8.88. The quantitative estimate of drug-likeness (QED) is 0.893. The molecule has 3 nitrogen and oxygen atoms in total. The standard InChI is InChI=1S/C15H21N3/c1-16-14(10-12-6-2-3-7-12)13-11-17-18-9-5-4-8-15(13)18/h4-5,8-9,11-12,14,16H,2-3,6-7,10H2,1H3. The molecular formula is C15H21N3. The molecule has 1 aliphatic rings.